The van der Waals surface area contributed by atoms with Gasteiger partial charge in [0.05, 0.1) is 0 Å². The Morgan fingerprint density at radius 1 is 1.42 bits per heavy atom. The number of hydrogen-bond acceptors (Lipinski definition) is 3. The summed E-state index contributed by atoms with van der Waals surface area (Å²) in [5.74, 6) is 0. The third-order valence-electron chi connectivity index (χ3n) is 3.08. The summed E-state index contributed by atoms with van der Waals surface area (Å²) in [6.07, 6.45) is 0. The van der Waals surface area contributed by atoms with Crippen LogP contribution in [0.1, 0.15) is 17.2 Å². The fraction of sp³-hybridized carbons (Fsp3) is 0.286. The molecule has 0 aliphatic carbocycles. The summed E-state index contributed by atoms with van der Waals surface area (Å²) >= 11 is 11.5. The number of halogens is 2. The molecule has 0 aliphatic heterocycles. The highest BCUT2D eigenvalue weighted by Crippen LogP contribution is 2.30. The molecular formula is C14H16BrClN2S. The predicted molar refractivity (Wildman–Crippen MR) is 86.7 cm³/mol. The molecule has 5 heteroatoms. The molecule has 0 spiro atoms. The summed E-state index contributed by atoms with van der Waals surface area (Å²) in [4.78, 5) is 2.23. The Hall–Kier alpha value is -0.390. The number of nitrogens with zero attached hydrogens (tertiary/aromatic N) is 1. The molecule has 0 bridgehead atoms. The van der Waals surface area contributed by atoms with Crippen LogP contribution in [0.3, 0.4) is 0 Å². The van der Waals surface area contributed by atoms with Crippen molar-refractivity contribution in [3.8, 4) is 0 Å². The Balaban J connectivity index is 2.21. The van der Waals surface area contributed by atoms with Gasteiger partial charge >= 0.3 is 0 Å². The van der Waals surface area contributed by atoms with Crippen LogP contribution < -0.4 is 5.73 Å². The first-order chi connectivity index (χ1) is 9.11. The first kappa shape index (κ1) is 15.0. The lowest BCUT2D eigenvalue weighted by Gasteiger charge is -2.28. The van der Waals surface area contributed by atoms with E-state index in [0.717, 1.165) is 21.6 Å². The number of nitrogens with two attached hydrogens (primary N) is 1. The summed E-state index contributed by atoms with van der Waals surface area (Å²) in [5.41, 5.74) is 8.31. The number of likely N-dealkylation sites (N-methyl/N-ethyl adjacent to an activating group) is 1. The molecule has 1 aromatic carbocycles. The fourth-order valence-electron chi connectivity index (χ4n) is 2.10. The van der Waals surface area contributed by atoms with E-state index >= 15 is 0 Å². The zero-order valence-corrected chi connectivity index (χ0v) is 13.8. The van der Waals surface area contributed by atoms with Crippen molar-refractivity contribution < 1.29 is 0 Å². The SMILES string of the molecule is CN(Cc1ccsc1)C(CN)c1cc(Br)ccc1Cl. The minimum absolute atomic E-state index is 0.116. The molecule has 2 N–H and O–H groups in total. The van der Waals surface area contributed by atoms with Gasteiger partial charge in [0, 0.05) is 28.6 Å². The Morgan fingerprint density at radius 3 is 2.84 bits per heavy atom. The zero-order chi connectivity index (χ0) is 13.8. The molecule has 2 nitrogen and oxygen atoms in total. The smallest absolute Gasteiger partial charge is 0.0486 e. The predicted octanol–water partition coefficient (Wildman–Crippen LogP) is 4.30. The van der Waals surface area contributed by atoms with Gasteiger partial charge in [0.15, 0.2) is 0 Å². The van der Waals surface area contributed by atoms with Crippen LogP contribution in [0.25, 0.3) is 0 Å². The summed E-state index contributed by atoms with van der Waals surface area (Å²) in [6.45, 7) is 1.41. The second-order valence-electron chi connectivity index (χ2n) is 4.46. The molecule has 1 unspecified atom stereocenters. The van der Waals surface area contributed by atoms with Gasteiger partial charge in [0.25, 0.3) is 0 Å². The van der Waals surface area contributed by atoms with Crippen molar-refractivity contribution in [2.24, 2.45) is 5.73 Å². The van der Waals surface area contributed by atoms with Crippen LogP contribution >= 0.6 is 38.9 Å². The van der Waals surface area contributed by atoms with Gasteiger partial charge < -0.3 is 5.73 Å². The second kappa shape index (κ2) is 6.86. The second-order valence-corrected chi connectivity index (χ2v) is 6.57. The number of hydrogen-bond donors (Lipinski definition) is 1. The Morgan fingerprint density at radius 2 is 2.21 bits per heavy atom. The molecule has 19 heavy (non-hydrogen) atoms. The molecule has 0 saturated heterocycles. The largest absolute Gasteiger partial charge is 0.329 e. The van der Waals surface area contributed by atoms with E-state index in [4.69, 9.17) is 17.3 Å². The minimum Gasteiger partial charge on any atom is -0.329 e. The standard InChI is InChI=1S/C14H16BrClN2S/c1-18(8-10-4-5-19-9-10)14(7-17)12-6-11(15)2-3-13(12)16/h2-6,9,14H,7-8,17H2,1H3. The van der Waals surface area contributed by atoms with Crippen molar-refractivity contribution in [2.75, 3.05) is 13.6 Å². The zero-order valence-electron chi connectivity index (χ0n) is 10.6. The maximum Gasteiger partial charge on any atom is 0.0486 e. The molecule has 0 saturated carbocycles. The summed E-state index contributed by atoms with van der Waals surface area (Å²) in [7, 11) is 2.08. The van der Waals surface area contributed by atoms with Gasteiger partial charge in [-0.15, -0.1) is 0 Å². The van der Waals surface area contributed by atoms with E-state index in [1.54, 1.807) is 11.3 Å². The lowest BCUT2D eigenvalue weighted by molar-refractivity contribution is 0.242. The van der Waals surface area contributed by atoms with E-state index in [9.17, 15) is 0 Å². The highest BCUT2D eigenvalue weighted by molar-refractivity contribution is 9.10. The van der Waals surface area contributed by atoms with Crippen molar-refractivity contribution in [1.82, 2.24) is 4.90 Å². The van der Waals surface area contributed by atoms with E-state index < -0.39 is 0 Å². The molecule has 1 atom stereocenters. The lowest BCUT2D eigenvalue weighted by atomic mass is 10.1. The molecule has 102 valence electrons. The molecule has 2 rings (SSSR count). The van der Waals surface area contributed by atoms with Gasteiger partial charge in [-0.1, -0.05) is 27.5 Å². The van der Waals surface area contributed by atoms with E-state index in [-0.39, 0.29) is 6.04 Å². The highest BCUT2D eigenvalue weighted by Gasteiger charge is 2.18. The van der Waals surface area contributed by atoms with Gasteiger partial charge in [0.2, 0.25) is 0 Å². The van der Waals surface area contributed by atoms with Crippen LogP contribution in [-0.2, 0) is 6.54 Å². The molecule has 2 aromatic rings. The third-order valence-corrected chi connectivity index (χ3v) is 4.65. The van der Waals surface area contributed by atoms with Crippen molar-refractivity contribution >= 4 is 38.9 Å². The van der Waals surface area contributed by atoms with Gasteiger partial charge in [-0.25, -0.2) is 0 Å². The maximum atomic E-state index is 6.29. The van der Waals surface area contributed by atoms with Gasteiger partial charge in [-0.3, -0.25) is 4.90 Å². The number of thiophene rings is 1. The Bertz CT molecular complexity index is 530. The first-order valence-corrected chi connectivity index (χ1v) is 8.09. The van der Waals surface area contributed by atoms with Crippen molar-refractivity contribution in [2.45, 2.75) is 12.6 Å². The summed E-state index contributed by atoms with van der Waals surface area (Å²) in [6, 6.07) is 8.15. The van der Waals surface area contributed by atoms with Gasteiger partial charge in [0.1, 0.15) is 0 Å². The maximum absolute atomic E-state index is 6.29. The van der Waals surface area contributed by atoms with Crippen molar-refractivity contribution in [3.05, 3.63) is 55.6 Å². The van der Waals surface area contributed by atoms with Crippen LogP contribution in [0.5, 0.6) is 0 Å². The van der Waals surface area contributed by atoms with Crippen molar-refractivity contribution in [1.29, 1.82) is 0 Å². The van der Waals surface area contributed by atoms with E-state index in [1.165, 1.54) is 5.56 Å². The first-order valence-electron chi connectivity index (χ1n) is 5.98. The average molecular weight is 360 g/mol. The molecule has 0 fully saturated rings. The monoisotopic (exact) mass is 358 g/mol. The van der Waals surface area contributed by atoms with Crippen LogP contribution in [0.2, 0.25) is 5.02 Å². The van der Waals surface area contributed by atoms with Crippen LogP contribution in [0, 0.1) is 0 Å². The van der Waals surface area contributed by atoms with E-state index in [0.29, 0.717) is 6.54 Å². The molecular weight excluding hydrogens is 344 g/mol. The summed E-state index contributed by atoms with van der Waals surface area (Å²) in [5, 5.41) is 5.01. The quantitative estimate of drug-likeness (QED) is 0.862. The molecule has 1 aromatic heterocycles. The summed E-state index contributed by atoms with van der Waals surface area (Å²) < 4.78 is 1.02. The molecule has 1 heterocycles. The Kier molecular flexibility index (Phi) is 5.42. The van der Waals surface area contributed by atoms with E-state index in [1.807, 2.05) is 18.2 Å². The lowest BCUT2D eigenvalue weighted by Crippen LogP contribution is -2.30. The normalized spacial score (nSPS) is 12.9. The van der Waals surface area contributed by atoms with Gasteiger partial charge in [-0.05, 0) is 53.2 Å². The minimum atomic E-state index is 0.116. The number of benzene rings is 1. The van der Waals surface area contributed by atoms with Crippen LogP contribution in [0.4, 0.5) is 0 Å². The van der Waals surface area contributed by atoms with Crippen LogP contribution in [0.15, 0.2) is 39.5 Å². The van der Waals surface area contributed by atoms with Gasteiger partial charge in [-0.2, -0.15) is 11.3 Å². The van der Waals surface area contributed by atoms with Crippen molar-refractivity contribution in [3.63, 3.8) is 0 Å². The molecule has 0 radical (unpaired) electrons. The molecule has 0 aliphatic rings. The topological polar surface area (TPSA) is 29.3 Å². The molecule has 0 amide bonds. The van der Waals surface area contributed by atoms with E-state index in [2.05, 4.69) is 44.7 Å². The van der Waals surface area contributed by atoms with Crippen LogP contribution in [-0.4, -0.2) is 18.5 Å². The highest BCUT2D eigenvalue weighted by atomic mass is 79.9. The fourth-order valence-corrected chi connectivity index (χ4v) is 3.38. The Labute approximate surface area is 131 Å². The average Bonchev–Trinajstić information content (AvgIpc) is 2.87. The number of rotatable bonds is 5. The third kappa shape index (κ3) is 3.80.